The summed E-state index contributed by atoms with van der Waals surface area (Å²) in [6.45, 7) is 3.02. The number of benzene rings is 1. The van der Waals surface area contributed by atoms with Gasteiger partial charge in [-0.3, -0.25) is 9.78 Å². The summed E-state index contributed by atoms with van der Waals surface area (Å²) in [5, 5.41) is 0.650. The Morgan fingerprint density at radius 3 is 2.70 bits per heavy atom. The molecule has 0 spiro atoms. The fourth-order valence-electron chi connectivity index (χ4n) is 2.83. The number of nitrogens with zero attached hydrogens (tertiary/aromatic N) is 2. The molecule has 1 aromatic heterocycles. The molecule has 2 aromatic rings. The van der Waals surface area contributed by atoms with Crippen LogP contribution in [0.1, 0.15) is 19.0 Å². The maximum atomic E-state index is 13.0. The van der Waals surface area contributed by atoms with Crippen LogP contribution in [0.3, 0.4) is 0 Å². The molecule has 0 aliphatic carbocycles. The topological polar surface area (TPSA) is 42.4 Å². The first kappa shape index (κ1) is 16.0. The largest absolute Gasteiger partial charge is 0.378 e. The molecule has 1 fully saturated rings. The predicted molar refractivity (Wildman–Crippen MR) is 90.4 cm³/mol. The quantitative estimate of drug-likeness (QED) is 0.858. The minimum atomic E-state index is -0.116. The molecule has 2 atom stereocenters. The highest BCUT2D eigenvalue weighted by molar-refractivity contribution is 6.30. The minimum absolute atomic E-state index is 0.0546. The van der Waals surface area contributed by atoms with E-state index < -0.39 is 0 Å². The second-order valence-corrected chi connectivity index (χ2v) is 6.13. The molecule has 0 bridgehead atoms. The van der Waals surface area contributed by atoms with Gasteiger partial charge in [0.05, 0.1) is 24.3 Å². The predicted octanol–water partition coefficient (Wildman–Crippen LogP) is 3.69. The first-order valence-corrected chi connectivity index (χ1v) is 8.11. The van der Waals surface area contributed by atoms with Crippen LogP contribution in [0.4, 0.5) is 5.69 Å². The van der Waals surface area contributed by atoms with Crippen molar-refractivity contribution in [2.45, 2.75) is 26.0 Å². The molecule has 1 saturated heterocycles. The summed E-state index contributed by atoms with van der Waals surface area (Å²) in [5.74, 6) is -0.0441. The Hall–Kier alpha value is -1.91. The van der Waals surface area contributed by atoms with E-state index in [0.29, 0.717) is 18.2 Å². The Kier molecular flexibility index (Phi) is 4.94. The molecular weight excluding hydrogens is 312 g/mol. The van der Waals surface area contributed by atoms with Crippen LogP contribution in [0.25, 0.3) is 0 Å². The molecule has 1 amide bonds. The molecule has 120 valence electrons. The second kappa shape index (κ2) is 7.11. The Balaban J connectivity index is 1.89. The maximum absolute atomic E-state index is 13.0. The van der Waals surface area contributed by atoms with Crippen LogP contribution >= 0.6 is 11.6 Å². The average molecular weight is 331 g/mol. The van der Waals surface area contributed by atoms with Gasteiger partial charge in [-0.25, -0.2) is 0 Å². The van der Waals surface area contributed by atoms with E-state index in [4.69, 9.17) is 16.3 Å². The number of hydrogen-bond donors (Lipinski definition) is 0. The number of hydrogen-bond acceptors (Lipinski definition) is 3. The standard InChI is InChI=1S/C18H19ClN2O2/c1-13-17(9-11-23-13)18(22)21(12-15-4-2-3-10-20-15)16-7-5-14(19)6-8-16/h2-8,10,13,17H,9,11-12H2,1H3/t13-,17+/m0/s1. The number of ether oxygens (including phenoxy) is 1. The number of anilines is 1. The lowest BCUT2D eigenvalue weighted by atomic mass is 10.0. The molecule has 1 aromatic carbocycles. The lowest BCUT2D eigenvalue weighted by Gasteiger charge is -2.26. The van der Waals surface area contributed by atoms with Gasteiger partial charge in [0.2, 0.25) is 5.91 Å². The van der Waals surface area contributed by atoms with Gasteiger partial charge in [-0.1, -0.05) is 17.7 Å². The van der Waals surface area contributed by atoms with Crippen molar-refractivity contribution in [1.29, 1.82) is 0 Å². The van der Waals surface area contributed by atoms with Crippen LogP contribution in [0.2, 0.25) is 5.02 Å². The summed E-state index contributed by atoms with van der Waals surface area (Å²) in [4.78, 5) is 19.1. The highest BCUT2D eigenvalue weighted by Gasteiger charge is 2.34. The van der Waals surface area contributed by atoms with Crippen LogP contribution in [0.15, 0.2) is 48.7 Å². The Labute approximate surface area is 141 Å². The lowest BCUT2D eigenvalue weighted by Crippen LogP contribution is -2.38. The van der Waals surface area contributed by atoms with Crippen LogP contribution in [-0.4, -0.2) is 23.6 Å². The summed E-state index contributed by atoms with van der Waals surface area (Å²) in [6.07, 6.45) is 2.44. The van der Waals surface area contributed by atoms with Crippen LogP contribution in [0, 0.1) is 5.92 Å². The Morgan fingerprint density at radius 2 is 2.09 bits per heavy atom. The fraction of sp³-hybridized carbons (Fsp3) is 0.333. The lowest BCUT2D eigenvalue weighted by molar-refractivity contribution is -0.123. The molecule has 4 nitrogen and oxygen atoms in total. The monoisotopic (exact) mass is 330 g/mol. The molecule has 1 aliphatic rings. The number of carbonyl (C=O) groups excluding carboxylic acids is 1. The molecule has 0 saturated carbocycles. The minimum Gasteiger partial charge on any atom is -0.378 e. The first-order valence-electron chi connectivity index (χ1n) is 7.73. The van der Waals surface area contributed by atoms with Gasteiger partial charge in [0.25, 0.3) is 0 Å². The van der Waals surface area contributed by atoms with E-state index in [1.165, 1.54) is 0 Å². The van der Waals surface area contributed by atoms with Crippen molar-refractivity contribution in [2.24, 2.45) is 5.92 Å². The smallest absolute Gasteiger partial charge is 0.233 e. The third-order valence-corrected chi connectivity index (χ3v) is 4.40. The molecule has 5 heteroatoms. The Morgan fingerprint density at radius 1 is 1.30 bits per heavy atom. The van der Waals surface area contributed by atoms with Gasteiger partial charge in [0, 0.05) is 23.5 Å². The maximum Gasteiger partial charge on any atom is 0.233 e. The van der Waals surface area contributed by atoms with Gasteiger partial charge in [-0.05, 0) is 49.7 Å². The molecule has 23 heavy (non-hydrogen) atoms. The summed E-state index contributed by atoms with van der Waals surface area (Å²) in [5.41, 5.74) is 1.67. The molecular formula is C18H19ClN2O2. The van der Waals surface area contributed by atoms with Gasteiger partial charge in [0.1, 0.15) is 0 Å². The highest BCUT2D eigenvalue weighted by atomic mass is 35.5. The number of amides is 1. The van der Waals surface area contributed by atoms with Crippen LogP contribution in [-0.2, 0) is 16.1 Å². The third-order valence-electron chi connectivity index (χ3n) is 4.14. The number of aromatic nitrogens is 1. The molecule has 0 unspecified atom stereocenters. The van der Waals surface area contributed by atoms with Crippen molar-refractivity contribution in [3.05, 3.63) is 59.4 Å². The van der Waals surface area contributed by atoms with E-state index in [1.807, 2.05) is 37.3 Å². The number of carbonyl (C=O) groups is 1. The summed E-state index contributed by atoms with van der Waals surface area (Å²) < 4.78 is 5.56. The first-order chi connectivity index (χ1) is 11.1. The zero-order chi connectivity index (χ0) is 16.2. The summed E-state index contributed by atoms with van der Waals surface area (Å²) >= 11 is 5.97. The number of rotatable bonds is 4. The van der Waals surface area contributed by atoms with E-state index in [0.717, 1.165) is 17.8 Å². The molecule has 2 heterocycles. The molecule has 3 rings (SSSR count). The zero-order valence-electron chi connectivity index (χ0n) is 13.0. The van der Waals surface area contributed by atoms with E-state index in [-0.39, 0.29) is 17.9 Å². The number of halogens is 1. The normalized spacial score (nSPS) is 20.4. The molecule has 0 radical (unpaired) electrons. The van der Waals surface area contributed by atoms with Crippen molar-refractivity contribution in [1.82, 2.24) is 4.98 Å². The van der Waals surface area contributed by atoms with Gasteiger partial charge < -0.3 is 9.64 Å². The van der Waals surface area contributed by atoms with E-state index in [1.54, 1.807) is 23.2 Å². The average Bonchev–Trinajstić information content (AvgIpc) is 3.00. The van der Waals surface area contributed by atoms with Gasteiger partial charge >= 0.3 is 0 Å². The van der Waals surface area contributed by atoms with Crippen molar-refractivity contribution in [3.8, 4) is 0 Å². The second-order valence-electron chi connectivity index (χ2n) is 5.69. The van der Waals surface area contributed by atoms with Crippen molar-refractivity contribution < 1.29 is 9.53 Å². The van der Waals surface area contributed by atoms with E-state index in [9.17, 15) is 4.79 Å². The fourth-order valence-corrected chi connectivity index (χ4v) is 2.95. The van der Waals surface area contributed by atoms with Gasteiger partial charge in [-0.2, -0.15) is 0 Å². The number of pyridine rings is 1. The molecule has 0 N–H and O–H groups in total. The van der Waals surface area contributed by atoms with Crippen molar-refractivity contribution in [2.75, 3.05) is 11.5 Å². The molecule has 1 aliphatic heterocycles. The van der Waals surface area contributed by atoms with Gasteiger partial charge in [0.15, 0.2) is 0 Å². The van der Waals surface area contributed by atoms with Gasteiger partial charge in [-0.15, -0.1) is 0 Å². The summed E-state index contributed by atoms with van der Waals surface area (Å²) in [7, 11) is 0. The third kappa shape index (κ3) is 3.71. The van der Waals surface area contributed by atoms with Crippen molar-refractivity contribution in [3.63, 3.8) is 0 Å². The highest BCUT2D eigenvalue weighted by Crippen LogP contribution is 2.27. The van der Waals surface area contributed by atoms with E-state index in [2.05, 4.69) is 4.98 Å². The SMILES string of the molecule is C[C@@H]1OCC[C@H]1C(=O)N(Cc1ccccn1)c1ccc(Cl)cc1. The Bertz CT molecular complexity index is 660. The van der Waals surface area contributed by atoms with Crippen molar-refractivity contribution >= 4 is 23.2 Å². The summed E-state index contributed by atoms with van der Waals surface area (Å²) in [6, 6.07) is 13.0. The van der Waals surface area contributed by atoms with Crippen LogP contribution < -0.4 is 4.90 Å². The van der Waals surface area contributed by atoms with Crippen LogP contribution in [0.5, 0.6) is 0 Å². The zero-order valence-corrected chi connectivity index (χ0v) is 13.7. The van der Waals surface area contributed by atoms with E-state index >= 15 is 0 Å².